The minimum absolute atomic E-state index is 0.0930. The van der Waals surface area contributed by atoms with E-state index >= 15 is 0 Å². The highest BCUT2D eigenvalue weighted by atomic mass is 16.6. The molecule has 0 radical (unpaired) electrons. The van der Waals surface area contributed by atoms with E-state index in [0.717, 1.165) is 45.6 Å². The van der Waals surface area contributed by atoms with Crippen molar-refractivity contribution in [2.45, 2.75) is 31.7 Å². The van der Waals surface area contributed by atoms with Crippen LogP contribution in [0, 0.1) is 11.8 Å². The van der Waals surface area contributed by atoms with Gasteiger partial charge in [-0.3, -0.25) is 9.59 Å². The number of rotatable bonds is 9. The van der Waals surface area contributed by atoms with Gasteiger partial charge in [-0.2, -0.15) is 0 Å². The summed E-state index contributed by atoms with van der Waals surface area (Å²) in [7, 11) is 0. The molecule has 2 rings (SSSR count). The van der Waals surface area contributed by atoms with E-state index in [1.807, 2.05) is 0 Å². The van der Waals surface area contributed by atoms with Gasteiger partial charge in [-0.1, -0.05) is 0 Å². The number of hydrogen-bond donors (Lipinski definition) is 4. The molecule has 0 aromatic heterocycles. The molecule has 2 fully saturated rings. The number of cyclic esters (lactones) is 2. The van der Waals surface area contributed by atoms with Crippen molar-refractivity contribution in [2.24, 2.45) is 17.6 Å². The summed E-state index contributed by atoms with van der Waals surface area (Å²) in [4.78, 5) is 23.3. The summed E-state index contributed by atoms with van der Waals surface area (Å²) in [5, 5.41) is 10.1. The van der Waals surface area contributed by atoms with Crippen molar-refractivity contribution >= 4 is 11.9 Å². The normalized spacial score (nSPS) is 31.2. The lowest BCUT2D eigenvalue weighted by atomic mass is 9.71. The van der Waals surface area contributed by atoms with E-state index in [4.69, 9.17) is 10.5 Å². The second kappa shape index (κ2) is 8.01. The van der Waals surface area contributed by atoms with Gasteiger partial charge in [-0.05, 0) is 26.2 Å². The Labute approximate surface area is 131 Å². The van der Waals surface area contributed by atoms with Crippen LogP contribution < -0.4 is 21.7 Å². The van der Waals surface area contributed by atoms with Gasteiger partial charge in [0, 0.05) is 44.8 Å². The second-order valence-electron chi connectivity index (χ2n) is 6.47. The molecule has 1 heterocycles. The van der Waals surface area contributed by atoms with Crippen molar-refractivity contribution in [2.75, 3.05) is 39.3 Å². The van der Waals surface area contributed by atoms with Crippen LogP contribution in [0.4, 0.5) is 0 Å². The average Bonchev–Trinajstić information content (AvgIpc) is 2.76. The largest absolute Gasteiger partial charge is 0.393 e. The number of carbonyl (C=O) groups excluding carboxylic acids is 2. The van der Waals surface area contributed by atoms with Crippen LogP contribution in [-0.4, -0.2) is 56.7 Å². The first-order valence-corrected chi connectivity index (χ1v) is 8.18. The number of carbonyl (C=O) groups is 2. The van der Waals surface area contributed by atoms with Crippen LogP contribution in [0.15, 0.2) is 0 Å². The molecule has 0 aromatic carbocycles. The van der Waals surface area contributed by atoms with Crippen molar-refractivity contribution in [1.29, 1.82) is 0 Å². The molecule has 0 spiro atoms. The monoisotopic (exact) mass is 312 g/mol. The summed E-state index contributed by atoms with van der Waals surface area (Å²) in [5.41, 5.74) is 5.30. The zero-order valence-corrected chi connectivity index (χ0v) is 13.3. The highest BCUT2D eigenvalue weighted by Gasteiger charge is 2.50. The molecule has 22 heavy (non-hydrogen) atoms. The van der Waals surface area contributed by atoms with Crippen LogP contribution in [0.3, 0.4) is 0 Å². The van der Waals surface area contributed by atoms with Gasteiger partial charge >= 0.3 is 11.9 Å². The zero-order chi connectivity index (χ0) is 16.0. The Balaban J connectivity index is 1.63. The highest BCUT2D eigenvalue weighted by molar-refractivity contribution is 5.96. The van der Waals surface area contributed by atoms with Crippen molar-refractivity contribution in [3.63, 3.8) is 0 Å². The molecular formula is C15H28N4O3. The van der Waals surface area contributed by atoms with Crippen LogP contribution >= 0.6 is 0 Å². The molecule has 1 saturated heterocycles. The molecule has 3 unspecified atom stereocenters. The molecule has 3 atom stereocenters. The summed E-state index contributed by atoms with van der Waals surface area (Å²) in [6.45, 7) is 7.16. The summed E-state index contributed by atoms with van der Waals surface area (Å²) < 4.78 is 4.76. The third-order valence-corrected chi connectivity index (χ3v) is 4.62. The van der Waals surface area contributed by atoms with Crippen LogP contribution in [0.2, 0.25) is 0 Å². The molecule has 7 heteroatoms. The average molecular weight is 312 g/mol. The lowest BCUT2D eigenvalue weighted by Crippen LogP contribution is -2.50. The molecule has 0 aromatic rings. The Kier molecular flexibility index (Phi) is 6.31. The zero-order valence-electron chi connectivity index (χ0n) is 13.3. The summed E-state index contributed by atoms with van der Waals surface area (Å²) >= 11 is 0. The van der Waals surface area contributed by atoms with Crippen LogP contribution in [0.5, 0.6) is 0 Å². The summed E-state index contributed by atoms with van der Waals surface area (Å²) in [6.07, 6.45) is 2.31. The predicted octanol–water partition coefficient (Wildman–Crippen LogP) is -1.03. The third kappa shape index (κ3) is 4.49. The van der Waals surface area contributed by atoms with E-state index in [0.29, 0.717) is 13.0 Å². The van der Waals surface area contributed by atoms with Crippen LogP contribution in [0.25, 0.3) is 0 Å². The van der Waals surface area contributed by atoms with Crippen LogP contribution in [-0.2, 0) is 14.3 Å². The van der Waals surface area contributed by atoms with E-state index < -0.39 is 0 Å². The molecule has 5 N–H and O–H groups in total. The van der Waals surface area contributed by atoms with Gasteiger partial charge < -0.3 is 26.4 Å². The first-order chi connectivity index (χ1) is 10.6. The van der Waals surface area contributed by atoms with Crippen molar-refractivity contribution in [1.82, 2.24) is 16.0 Å². The van der Waals surface area contributed by atoms with Gasteiger partial charge in [0.2, 0.25) is 0 Å². The van der Waals surface area contributed by atoms with Crippen molar-refractivity contribution in [3.8, 4) is 0 Å². The number of esters is 2. The summed E-state index contributed by atoms with van der Waals surface area (Å²) in [5.74, 6) is -1.14. The molecule has 1 aliphatic heterocycles. The number of nitrogens with two attached hydrogens (primary N) is 1. The Hall–Kier alpha value is -1.02. The van der Waals surface area contributed by atoms with E-state index in [1.165, 1.54) is 0 Å². The minimum atomic E-state index is -0.341. The fraction of sp³-hybridized carbons (Fsp3) is 0.867. The van der Waals surface area contributed by atoms with Gasteiger partial charge in [-0.25, -0.2) is 0 Å². The maximum Gasteiger partial charge on any atom is 0.317 e. The van der Waals surface area contributed by atoms with E-state index in [1.54, 1.807) is 0 Å². The van der Waals surface area contributed by atoms with E-state index in [-0.39, 0.29) is 29.3 Å². The fourth-order valence-electron chi connectivity index (χ4n) is 3.33. The molecule has 0 amide bonds. The Bertz CT molecular complexity index is 404. The van der Waals surface area contributed by atoms with Crippen LogP contribution in [0.1, 0.15) is 26.2 Å². The predicted molar refractivity (Wildman–Crippen MR) is 83.1 cm³/mol. The SMILES string of the molecule is CC1(NCCNCCNCCN)CCC2C(=O)OC(=O)C2C1. The highest BCUT2D eigenvalue weighted by Crippen LogP contribution is 2.41. The molecular weight excluding hydrogens is 284 g/mol. The smallest absolute Gasteiger partial charge is 0.317 e. The molecule has 0 bridgehead atoms. The fourth-order valence-corrected chi connectivity index (χ4v) is 3.33. The van der Waals surface area contributed by atoms with Gasteiger partial charge in [0.25, 0.3) is 0 Å². The number of ether oxygens (including phenoxy) is 1. The third-order valence-electron chi connectivity index (χ3n) is 4.62. The van der Waals surface area contributed by atoms with Gasteiger partial charge in [0.15, 0.2) is 0 Å². The molecule has 1 aliphatic carbocycles. The Morgan fingerprint density at radius 1 is 1.09 bits per heavy atom. The minimum Gasteiger partial charge on any atom is -0.393 e. The van der Waals surface area contributed by atoms with E-state index in [2.05, 4.69) is 22.9 Å². The van der Waals surface area contributed by atoms with Gasteiger partial charge in [-0.15, -0.1) is 0 Å². The lowest BCUT2D eigenvalue weighted by molar-refractivity contribution is -0.153. The summed E-state index contributed by atoms with van der Waals surface area (Å²) in [6, 6.07) is 0. The standard InChI is InChI=1S/C15H28N4O3/c1-15(19-9-8-18-7-6-17-5-4-16)3-2-11-12(10-15)14(21)22-13(11)20/h11-12,17-19H,2-10,16H2,1H3. The lowest BCUT2D eigenvalue weighted by Gasteiger charge is -2.38. The number of fused-ring (bicyclic) bond motifs is 1. The maximum absolute atomic E-state index is 11.7. The molecule has 7 nitrogen and oxygen atoms in total. The Morgan fingerprint density at radius 3 is 2.45 bits per heavy atom. The molecule has 126 valence electrons. The second-order valence-corrected chi connectivity index (χ2v) is 6.47. The first-order valence-electron chi connectivity index (χ1n) is 8.18. The first kappa shape index (κ1) is 17.3. The molecule has 2 aliphatic rings. The van der Waals surface area contributed by atoms with Gasteiger partial charge in [0.05, 0.1) is 11.8 Å². The number of nitrogens with one attached hydrogen (secondary N) is 3. The van der Waals surface area contributed by atoms with Crippen molar-refractivity contribution in [3.05, 3.63) is 0 Å². The maximum atomic E-state index is 11.7. The molecule has 1 saturated carbocycles. The van der Waals surface area contributed by atoms with E-state index in [9.17, 15) is 9.59 Å². The number of hydrogen-bond acceptors (Lipinski definition) is 7. The van der Waals surface area contributed by atoms with Crippen molar-refractivity contribution < 1.29 is 14.3 Å². The van der Waals surface area contributed by atoms with Gasteiger partial charge in [0.1, 0.15) is 0 Å². The Morgan fingerprint density at radius 2 is 1.73 bits per heavy atom. The topological polar surface area (TPSA) is 105 Å². The quantitative estimate of drug-likeness (QED) is 0.245.